The lowest BCUT2D eigenvalue weighted by molar-refractivity contribution is 0.330. The molecule has 0 N–H and O–H groups in total. The van der Waals surface area contributed by atoms with Gasteiger partial charge in [0.05, 0.1) is 0 Å². The Labute approximate surface area is 90.1 Å². The van der Waals surface area contributed by atoms with E-state index < -0.39 is 0 Å². The minimum Gasteiger partial charge on any atom is -0.0916 e. The van der Waals surface area contributed by atoms with Gasteiger partial charge in [-0.1, -0.05) is 45.1 Å². The molecule has 0 amide bonds. The Morgan fingerprint density at radius 1 is 1.07 bits per heavy atom. The molecule has 0 atom stereocenters. The van der Waals surface area contributed by atoms with E-state index in [2.05, 4.69) is 52.0 Å². The molecule has 0 saturated carbocycles. The first-order chi connectivity index (χ1) is 6.62. The summed E-state index contributed by atoms with van der Waals surface area (Å²) in [5.74, 6) is 0. The van der Waals surface area contributed by atoms with Crippen LogP contribution in [-0.2, 0) is 0 Å². The molecule has 0 heteroatoms. The number of rotatable bonds is 7. The third kappa shape index (κ3) is 8.10. The highest BCUT2D eigenvalue weighted by molar-refractivity contribution is 4.86. The number of unbranched alkanes of at least 4 members (excludes halogenated alkanes) is 1. The van der Waals surface area contributed by atoms with Gasteiger partial charge in [-0.15, -0.1) is 0 Å². The SMILES string of the molecule is C/C=C\CC(C)(C)CCC/C=C/CC. The van der Waals surface area contributed by atoms with Crippen molar-refractivity contribution in [2.45, 2.75) is 59.8 Å². The molecule has 0 fully saturated rings. The van der Waals surface area contributed by atoms with Crippen molar-refractivity contribution in [2.75, 3.05) is 0 Å². The Hall–Kier alpha value is -0.520. The van der Waals surface area contributed by atoms with Gasteiger partial charge in [0, 0.05) is 0 Å². The Morgan fingerprint density at radius 2 is 1.79 bits per heavy atom. The van der Waals surface area contributed by atoms with Crippen LogP contribution in [0.15, 0.2) is 24.3 Å². The van der Waals surface area contributed by atoms with Crippen LogP contribution >= 0.6 is 0 Å². The minimum atomic E-state index is 0.479. The van der Waals surface area contributed by atoms with E-state index in [-0.39, 0.29) is 0 Å². The van der Waals surface area contributed by atoms with E-state index in [1.165, 1.54) is 32.1 Å². The van der Waals surface area contributed by atoms with Crippen LogP contribution in [0.5, 0.6) is 0 Å². The fourth-order valence-electron chi connectivity index (χ4n) is 1.52. The van der Waals surface area contributed by atoms with Gasteiger partial charge < -0.3 is 0 Å². The van der Waals surface area contributed by atoms with Crippen molar-refractivity contribution in [2.24, 2.45) is 5.41 Å². The monoisotopic (exact) mass is 194 g/mol. The van der Waals surface area contributed by atoms with Crippen molar-refractivity contribution in [1.82, 2.24) is 0 Å². The third-order valence-corrected chi connectivity index (χ3v) is 2.53. The molecular formula is C14H26. The highest BCUT2D eigenvalue weighted by atomic mass is 14.2. The van der Waals surface area contributed by atoms with Gasteiger partial charge in [-0.2, -0.15) is 0 Å². The fourth-order valence-corrected chi connectivity index (χ4v) is 1.52. The Balaban J connectivity index is 3.59. The lowest BCUT2D eigenvalue weighted by atomic mass is 9.84. The number of hydrogen-bond donors (Lipinski definition) is 0. The molecule has 0 aliphatic rings. The molecular weight excluding hydrogens is 168 g/mol. The van der Waals surface area contributed by atoms with Crippen LogP contribution in [0.2, 0.25) is 0 Å². The highest BCUT2D eigenvalue weighted by Gasteiger charge is 2.14. The van der Waals surface area contributed by atoms with Crippen molar-refractivity contribution in [3.05, 3.63) is 24.3 Å². The molecule has 0 aromatic rings. The second-order valence-corrected chi connectivity index (χ2v) is 4.71. The average molecular weight is 194 g/mol. The van der Waals surface area contributed by atoms with Crippen molar-refractivity contribution >= 4 is 0 Å². The van der Waals surface area contributed by atoms with E-state index in [4.69, 9.17) is 0 Å². The van der Waals surface area contributed by atoms with Gasteiger partial charge in [0.25, 0.3) is 0 Å². The minimum absolute atomic E-state index is 0.479. The smallest absolute Gasteiger partial charge is 0.0299 e. The molecule has 14 heavy (non-hydrogen) atoms. The van der Waals surface area contributed by atoms with E-state index in [1.54, 1.807) is 0 Å². The zero-order valence-corrected chi connectivity index (χ0v) is 10.3. The zero-order chi connectivity index (χ0) is 10.9. The first-order valence-electron chi connectivity index (χ1n) is 5.88. The van der Waals surface area contributed by atoms with Crippen LogP contribution < -0.4 is 0 Å². The summed E-state index contributed by atoms with van der Waals surface area (Å²) in [6.45, 7) is 9.00. The van der Waals surface area contributed by atoms with E-state index in [0.29, 0.717) is 5.41 Å². The summed E-state index contributed by atoms with van der Waals surface area (Å²) in [6.07, 6.45) is 15.3. The average Bonchev–Trinajstić information content (AvgIpc) is 2.15. The van der Waals surface area contributed by atoms with Crippen LogP contribution in [0.3, 0.4) is 0 Å². The van der Waals surface area contributed by atoms with Gasteiger partial charge in [0.2, 0.25) is 0 Å². The predicted molar refractivity (Wildman–Crippen MR) is 66.5 cm³/mol. The van der Waals surface area contributed by atoms with E-state index in [0.717, 1.165) is 0 Å². The number of hydrogen-bond acceptors (Lipinski definition) is 0. The second kappa shape index (κ2) is 7.84. The van der Waals surface area contributed by atoms with Crippen LogP contribution in [0.1, 0.15) is 59.8 Å². The molecule has 0 aliphatic carbocycles. The summed E-state index contributed by atoms with van der Waals surface area (Å²) >= 11 is 0. The summed E-state index contributed by atoms with van der Waals surface area (Å²) in [6, 6.07) is 0. The lowest BCUT2D eigenvalue weighted by Crippen LogP contribution is -2.09. The third-order valence-electron chi connectivity index (χ3n) is 2.53. The molecule has 0 bridgehead atoms. The Kier molecular flexibility index (Phi) is 7.55. The molecule has 0 rings (SSSR count). The molecule has 0 radical (unpaired) electrons. The summed E-state index contributed by atoms with van der Waals surface area (Å²) in [7, 11) is 0. The molecule has 0 aliphatic heterocycles. The maximum atomic E-state index is 2.36. The largest absolute Gasteiger partial charge is 0.0916 e. The molecule has 0 aromatic carbocycles. The van der Waals surface area contributed by atoms with Crippen LogP contribution in [0, 0.1) is 5.41 Å². The highest BCUT2D eigenvalue weighted by Crippen LogP contribution is 2.27. The Morgan fingerprint density at radius 3 is 2.36 bits per heavy atom. The van der Waals surface area contributed by atoms with Crippen molar-refractivity contribution in [3.8, 4) is 0 Å². The lowest BCUT2D eigenvalue weighted by Gasteiger charge is -2.22. The van der Waals surface area contributed by atoms with Gasteiger partial charge in [-0.3, -0.25) is 0 Å². The normalized spacial score (nSPS) is 13.1. The quantitative estimate of drug-likeness (QED) is 0.390. The molecule has 0 nitrogen and oxygen atoms in total. The van der Waals surface area contributed by atoms with Gasteiger partial charge in [0.15, 0.2) is 0 Å². The van der Waals surface area contributed by atoms with Gasteiger partial charge in [-0.25, -0.2) is 0 Å². The van der Waals surface area contributed by atoms with E-state index in [1.807, 2.05) is 0 Å². The molecule has 0 spiro atoms. The maximum absolute atomic E-state index is 2.36. The predicted octanol–water partition coefficient (Wildman–Crippen LogP) is 5.12. The van der Waals surface area contributed by atoms with Crippen LogP contribution in [0.25, 0.3) is 0 Å². The molecule has 0 heterocycles. The maximum Gasteiger partial charge on any atom is -0.0299 e. The van der Waals surface area contributed by atoms with Crippen LogP contribution in [0.4, 0.5) is 0 Å². The van der Waals surface area contributed by atoms with E-state index in [9.17, 15) is 0 Å². The fraction of sp³-hybridized carbons (Fsp3) is 0.714. The summed E-state index contributed by atoms with van der Waals surface area (Å²) in [5.41, 5.74) is 0.479. The van der Waals surface area contributed by atoms with Gasteiger partial charge in [-0.05, 0) is 44.4 Å². The number of allylic oxidation sites excluding steroid dienone is 4. The summed E-state index contributed by atoms with van der Waals surface area (Å²) in [5, 5.41) is 0. The first-order valence-corrected chi connectivity index (χ1v) is 5.88. The van der Waals surface area contributed by atoms with Crippen LogP contribution in [-0.4, -0.2) is 0 Å². The van der Waals surface area contributed by atoms with Crippen molar-refractivity contribution in [3.63, 3.8) is 0 Å². The molecule has 0 unspecified atom stereocenters. The summed E-state index contributed by atoms with van der Waals surface area (Å²) in [4.78, 5) is 0. The Bertz CT molecular complexity index is 172. The summed E-state index contributed by atoms with van der Waals surface area (Å²) < 4.78 is 0. The van der Waals surface area contributed by atoms with E-state index >= 15 is 0 Å². The topological polar surface area (TPSA) is 0 Å². The zero-order valence-electron chi connectivity index (χ0n) is 10.3. The van der Waals surface area contributed by atoms with Gasteiger partial charge in [0.1, 0.15) is 0 Å². The standard InChI is InChI=1S/C14H26/c1-5-7-9-10-11-13-14(3,4)12-8-6-2/h6-9H,5,10-13H2,1-4H3/b8-6-,9-7+. The molecule has 0 saturated heterocycles. The second-order valence-electron chi connectivity index (χ2n) is 4.71. The van der Waals surface area contributed by atoms with Crippen molar-refractivity contribution in [1.29, 1.82) is 0 Å². The molecule has 82 valence electrons. The molecule has 0 aromatic heterocycles. The first kappa shape index (κ1) is 13.5. The van der Waals surface area contributed by atoms with Gasteiger partial charge >= 0.3 is 0 Å². The van der Waals surface area contributed by atoms with Crippen molar-refractivity contribution < 1.29 is 0 Å².